The summed E-state index contributed by atoms with van der Waals surface area (Å²) in [6, 6.07) is 7.87. The lowest BCUT2D eigenvalue weighted by atomic mass is 10.1. The molecule has 0 amide bonds. The van der Waals surface area contributed by atoms with Gasteiger partial charge in [0.05, 0.1) is 24.8 Å². The minimum Gasteiger partial charge on any atom is -0.390 e. The van der Waals surface area contributed by atoms with Crippen LogP contribution in [0.15, 0.2) is 30.5 Å². The van der Waals surface area contributed by atoms with Crippen LogP contribution < -0.4 is 0 Å². The molecular weight excluding hydrogens is 326 g/mol. The molecular formula is C18H24ClN3O2. The Morgan fingerprint density at radius 3 is 2.92 bits per heavy atom. The third-order valence-electron chi connectivity index (χ3n) is 4.35. The molecule has 1 atom stereocenters. The Balaban J connectivity index is 1.62. The fourth-order valence-electron chi connectivity index (χ4n) is 3.17. The van der Waals surface area contributed by atoms with E-state index in [-0.39, 0.29) is 0 Å². The molecule has 0 bridgehead atoms. The molecule has 1 aliphatic heterocycles. The highest BCUT2D eigenvalue weighted by Crippen LogP contribution is 2.25. The Morgan fingerprint density at radius 2 is 2.12 bits per heavy atom. The van der Waals surface area contributed by atoms with Crippen molar-refractivity contribution < 1.29 is 9.84 Å². The highest BCUT2D eigenvalue weighted by molar-refractivity contribution is 6.32. The molecule has 1 saturated heterocycles. The Morgan fingerprint density at radius 1 is 1.33 bits per heavy atom. The zero-order valence-corrected chi connectivity index (χ0v) is 14.7. The first-order chi connectivity index (χ1) is 11.6. The first kappa shape index (κ1) is 17.6. The van der Waals surface area contributed by atoms with Crippen molar-refractivity contribution in [2.45, 2.75) is 12.6 Å². The molecule has 5 nitrogen and oxygen atoms in total. The van der Waals surface area contributed by atoms with Gasteiger partial charge in [0.15, 0.2) is 0 Å². The standard InChI is InChI=1S/C18H24ClN3O2/c1-21(11-15(23)12-22-7-9-24-10-8-22)13-16-17(19)5-4-14-3-2-6-20-18(14)16/h2-6,15,23H,7-13H2,1H3. The van der Waals surface area contributed by atoms with E-state index in [4.69, 9.17) is 16.3 Å². The molecule has 0 radical (unpaired) electrons. The van der Waals surface area contributed by atoms with Crippen LogP contribution in [0.2, 0.25) is 5.02 Å². The number of nitrogens with zero attached hydrogens (tertiary/aromatic N) is 3. The van der Waals surface area contributed by atoms with Crippen molar-refractivity contribution in [2.75, 3.05) is 46.4 Å². The highest BCUT2D eigenvalue weighted by atomic mass is 35.5. The number of benzene rings is 1. The molecule has 1 aromatic carbocycles. The third kappa shape index (κ3) is 4.43. The minimum absolute atomic E-state index is 0.394. The number of halogens is 1. The monoisotopic (exact) mass is 349 g/mol. The van der Waals surface area contributed by atoms with Crippen molar-refractivity contribution in [3.63, 3.8) is 0 Å². The fourth-order valence-corrected chi connectivity index (χ4v) is 3.38. The molecule has 1 N–H and O–H groups in total. The SMILES string of the molecule is CN(Cc1c(Cl)ccc2cccnc12)CC(O)CN1CCOCC1. The fraction of sp³-hybridized carbons (Fsp3) is 0.500. The molecule has 2 heterocycles. The number of aliphatic hydroxyl groups excluding tert-OH is 1. The van der Waals surface area contributed by atoms with Gasteiger partial charge in [-0.2, -0.15) is 0 Å². The second-order valence-corrected chi connectivity index (χ2v) is 6.77. The average Bonchev–Trinajstić information content (AvgIpc) is 2.58. The van der Waals surface area contributed by atoms with Crippen LogP contribution in [-0.4, -0.2) is 72.4 Å². The van der Waals surface area contributed by atoms with E-state index in [0.717, 1.165) is 47.8 Å². The second kappa shape index (κ2) is 8.23. The summed E-state index contributed by atoms with van der Waals surface area (Å²) in [4.78, 5) is 8.81. The van der Waals surface area contributed by atoms with Crippen LogP contribution in [0.25, 0.3) is 10.9 Å². The van der Waals surface area contributed by atoms with Crippen molar-refractivity contribution >= 4 is 22.5 Å². The molecule has 0 aliphatic carbocycles. The van der Waals surface area contributed by atoms with E-state index in [9.17, 15) is 5.11 Å². The molecule has 3 rings (SSSR count). The smallest absolute Gasteiger partial charge is 0.0793 e. The minimum atomic E-state index is -0.394. The normalized spacial score (nSPS) is 17.5. The van der Waals surface area contributed by atoms with E-state index < -0.39 is 6.10 Å². The Bertz CT molecular complexity index is 676. The Kier molecular flexibility index (Phi) is 6.03. The molecule has 2 aromatic rings. The third-order valence-corrected chi connectivity index (χ3v) is 4.70. The molecule has 1 fully saturated rings. The van der Waals surface area contributed by atoms with E-state index in [2.05, 4.69) is 14.8 Å². The average molecular weight is 350 g/mol. The van der Waals surface area contributed by atoms with Crippen molar-refractivity contribution in [3.8, 4) is 0 Å². The van der Waals surface area contributed by atoms with Gasteiger partial charge in [-0.1, -0.05) is 23.7 Å². The summed E-state index contributed by atoms with van der Waals surface area (Å²) in [6.45, 7) is 5.21. The number of morpholine rings is 1. The van der Waals surface area contributed by atoms with Crippen molar-refractivity contribution in [2.24, 2.45) is 0 Å². The molecule has 1 unspecified atom stereocenters. The van der Waals surface area contributed by atoms with Crippen LogP contribution in [-0.2, 0) is 11.3 Å². The maximum Gasteiger partial charge on any atom is 0.0793 e. The quantitative estimate of drug-likeness (QED) is 0.864. The van der Waals surface area contributed by atoms with E-state index >= 15 is 0 Å². The van der Waals surface area contributed by atoms with Crippen LogP contribution in [0.1, 0.15) is 5.56 Å². The molecule has 1 aliphatic rings. The van der Waals surface area contributed by atoms with Gasteiger partial charge in [0.25, 0.3) is 0 Å². The maximum absolute atomic E-state index is 10.4. The van der Waals surface area contributed by atoms with Crippen molar-refractivity contribution in [3.05, 3.63) is 41.0 Å². The number of aromatic nitrogens is 1. The summed E-state index contributed by atoms with van der Waals surface area (Å²) in [7, 11) is 2.00. The Hall–Kier alpha value is -1.24. The van der Waals surface area contributed by atoms with Gasteiger partial charge in [0.2, 0.25) is 0 Å². The van der Waals surface area contributed by atoms with Gasteiger partial charge in [0, 0.05) is 54.9 Å². The number of hydrogen-bond donors (Lipinski definition) is 1. The number of ether oxygens (including phenoxy) is 1. The number of likely N-dealkylation sites (N-methyl/N-ethyl adjacent to an activating group) is 1. The lowest BCUT2D eigenvalue weighted by Gasteiger charge is -2.30. The predicted molar refractivity (Wildman–Crippen MR) is 96.4 cm³/mol. The summed E-state index contributed by atoms with van der Waals surface area (Å²) in [5, 5.41) is 12.2. The zero-order chi connectivity index (χ0) is 16.9. The van der Waals surface area contributed by atoms with Gasteiger partial charge in [-0.25, -0.2) is 0 Å². The molecule has 1 aromatic heterocycles. The largest absolute Gasteiger partial charge is 0.390 e. The number of rotatable bonds is 6. The predicted octanol–water partition coefficient (Wildman–Crippen LogP) is 2.01. The molecule has 130 valence electrons. The van der Waals surface area contributed by atoms with Gasteiger partial charge >= 0.3 is 0 Å². The lowest BCUT2D eigenvalue weighted by Crippen LogP contribution is -2.44. The van der Waals surface area contributed by atoms with E-state index in [1.54, 1.807) is 6.20 Å². The molecule has 24 heavy (non-hydrogen) atoms. The van der Waals surface area contributed by atoms with Gasteiger partial charge in [-0.05, 0) is 19.2 Å². The number of β-amino-alcohol motifs (C(OH)–C–C–N with tert-alkyl or cyclic N) is 1. The number of hydrogen-bond acceptors (Lipinski definition) is 5. The van der Waals surface area contributed by atoms with Crippen LogP contribution in [0.4, 0.5) is 0 Å². The van der Waals surface area contributed by atoms with Crippen LogP contribution >= 0.6 is 11.6 Å². The molecule has 0 spiro atoms. The highest BCUT2D eigenvalue weighted by Gasteiger charge is 2.17. The number of pyridine rings is 1. The topological polar surface area (TPSA) is 48.8 Å². The zero-order valence-electron chi connectivity index (χ0n) is 14.0. The summed E-state index contributed by atoms with van der Waals surface area (Å²) in [5.74, 6) is 0. The van der Waals surface area contributed by atoms with Gasteiger partial charge in [-0.3, -0.25) is 14.8 Å². The Labute approximate surface area is 147 Å². The van der Waals surface area contributed by atoms with Crippen LogP contribution in [0, 0.1) is 0 Å². The molecule has 6 heteroatoms. The summed E-state index contributed by atoms with van der Waals surface area (Å²) < 4.78 is 5.34. The first-order valence-corrected chi connectivity index (χ1v) is 8.70. The maximum atomic E-state index is 10.4. The van der Waals surface area contributed by atoms with E-state index in [0.29, 0.717) is 19.6 Å². The second-order valence-electron chi connectivity index (χ2n) is 6.36. The van der Waals surface area contributed by atoms with Gasteiger partial charge in [0.1, 0.15) is 0 Å². The van der Waals surface area contributed by atoms with Crippen LogP contribution in [0.5, 0.6) is 0 Å². The number of fused-ring (bicyclic) bond motifs is 1. The number of aliphatic hydroxyl groups is 1. The van der Waals surface area contributed by atoms with Crippen molar-refractivity contribution in [1.29, 1.82) is 0 Å². The van der Waals surface area contributed by atoms with Gasteiger partial charge in [-0.15, -0.1) is 0 Å². The molecule has 0 saturated carbocycles. The van der Waals surface area contributed by atoms with Gasteiger partial charge < -0.3 is 9.84 Å². The first-order valence-electron chi connectivity index (χ1n) is 8.32. The van der Waals surface area contributed by atoms with Crippen LogP contribution in [0.3, 0.4) is 0 Å². The van der Waals surface area contributed by atoms with Crippen molar-refractivity contribution in [1.82, 2.24) is 14.8 Å². The van der Waals surface area contributed by atoms with E-state index in [1.807, 2.05) is 31.3 Å². The summed E-state index contributed by atoms with van der Waals surface area (Å²) in [5.41, 5.74) is 1.94. The summed E-state index contributed by atoms with van der Waals surface area (Å²) in [6.07, 6.45) is 1.39. The summed E-state index contributed by atoms with van der Waals surface area (Å²) >= 11 is 6.39. The lowest BCUT2D eigenvalue weighted by molar-refractivity contribution is 0.00827. The van der Waals surface area contributed by atoms with E-state index in [1.165, 1.54) is 0 Å².